The van der Waals surface area contributed by atoms with E-state index in [1.807, 2.05) is 24.3 Å². The first-order valence-electron chi connectivity index (χ1n) is 8.38. The number of halogens is 1. The van der Waals surface area contributed by atoms with E-state index in [1.165, 1.54) is 6.07 Å². The number of carbonyl (C=O) groups is 1. The van der Waals surface area contributed by atoms with Gasteiger partial charge in [0.05, 0.1) is 0 Å². The Labute approximate surface area is 163 Å². The van der Waals surface area contributed by atoms with Crippen molar-refractivity contribution in [2.24, 2.45) is 0 Å². The molecule has 0 radical (unpaired) electrons. The maximum atomic E-state index is 13.0. The number of Topliss-reactive ketones (excluding diaryl/α,β-unsaturated/α-hetero) is 1. The fraction of sp³-hybridized carbons (Fsp3) is 0.143. The summed E-state index contributed by atoms with van der Waals surface area (Å²) >= 11 is 3.40. The Bertz CT molecular complexity index is 1140. The first-order chi connectivity index (χ1) is 12.8. The molecule has 5 nitrogen and oxygen atoms in total. The van der Waals surface area contributed by atoms with E-state index in [9.17, 15) is 9.59 Å². The highest BCUT2D eigenvalue weighted by Crippen LogP contribution is 2.40. The van der Waals surface area contributed by atoms with Gasteiger partial charge in [-0.2, -0.15) is 0 Å². The van der Waals surface area contributed by atoms with Gasteiger partial charge in [0.1, 0.15) is 11.3 Å². The summed E-state index contributed by atoms with van der Waals surface area (Å²) in [5.74, 6) is 0.419. The summed E-state index contributed by atoms with van der Waals surface area (Å²) in [6.07, 6.45) is 1.67. The van der Waals surface area contributed by atoms with Crippen molar-refractivity contribution in [2.75, 3.05) is 5.32 Å². The fourth-order valence-corrected chi connectivity index (χ4v) is 3.27. The van der Waals surface area contributed by atoms with Crippen molar-refractivity contribution in [2.45, 2.75) is 19.4 Å². The van der Waals surface area contributed by atoms with E-state index in [0.717, 1.165) is 15.5 Å². The monoisotopic (exact) mass is 425 g/mol. The number of benzene rings is 2. The highest BCUT2D eigenvalue weighted by molar-refractivity contribution is 9.10. The number of rotatable bonds is 2. The number of carbonyl (C=O) groups excluding carboxylic acids is 1. The van der Waals surface area contributed by atoms with Gasteiger partial charge in [0.25, 0.3) is 0 Å². The van der Waals surface area contributed by atoms with E-state index in [-0.39, 0.29) is 5.78 Å². The lowest BCUT2D eigenvalue weighted by molar-refractivity contribution is -0.126. The third kappa shape index (κ3) is 3.28. The Balaban J connectivity index is 1.84. The van der Waals surface area contributed by atoms with Crippen LogP contribution < -0.4 is 15.7 Å². The molecule has 0 atom stereocenters. The molecular weight excluding hydrogens is 410 g/mol. The van der Waals surface area contributed by atoms with Gasteiger partial charge < -0.3 is 14.5 Å². The van der Waals surface area contributed by atoms with E-state index < -0.39 is 11.2 Å². The van der Waals surface area contributed by atoms with E-state index >= 15 is 0 Å². The molecule has 136 valence electrons. The Morgan fingerprint density at radius 3 is 2.52 bits per heavy atom. The lowest BCUT2D eigenvalue weighted by Crippen LogP contribution is -2.42. The Morgan fingerprint density at radius 1 is 1.04 bits per heavy atom. The molecule has 0 bridgehead atoms. The van der Waals surface area contributed by atoms with Gasteiger partial charge in [-0.25, -0.2) is 4.79 Å². The van der Waals surface area contributed by atoms with Crippen LogP contribution in [0.15, 0.2) is 68.4 Å². The molecule has 2 heterocycles. The highest BCUT2D eigenvalue weighted by Gasteiger charge is 2.39. The number of hydrogen-bond donors (Lipinski definition) is 1. The van der Waals surface area contributed by atoms with Crippen molar-refractivity contribution in [3.05, 3.63) is 75.2 Å². The van der Waals surface area contributed by atoms with Crippen LogP contribution in [0.2, 0.25) is 0 Å². The van der Waals surface area contributed by atoms with Gasteiger partial charge in [0, 0.05) is 38.9 Å². The highest BCUT2D eigenvalue weighted by atomic mass is 79.9. The minimum absolute atomic E-state index is 0.155. The van der Waals surface area contributed by atoms with Gasteiger partial charge in [-0.1, -0.05) is 15.9 Å². The Kier molecular flexibility index (Phi) is 4.15. The SMILES string of the molecule is CC1(C)Oc2cc3ccc(=O)oc3cc2/C(=C/Nc2ccc(Br)cc2)C1=O. The molecule has 6 heteroatoms. The summed E-state index contributed by atoms with van der Waals surface area (Å²) in [6.45, 7) is 3.47. The average Bonchev–Trinajstić information content (AvgIpc) is 2.62. The van der Waals surface area contributed by atoms with Gasteiger partial charge in [-0.05, 0) is 56.3 Å². The topological polar surface area (TPSA) is 68.5 Å². The first-order valence-corrected chi connectivity index (χ1v) is 9.17. The van der Waals surface area contributed by atoms with Crippen LogP contribution in [0, 0.1) is 0 Å². The summed E-state index contributed by atoms with van der Waals surface area (Å²) in [5.41, 5.74) is 0.875. The number of fused-ring (bicyclic) bond motifs is 2. The number of anilines is 1. The fourth-order valence-electron chi connectivity index (χ4n) is 3.00. The van der Waals surface area contributed by atoms with Crippen molar-refractivity contribution >= 4 is 43.9 Å². The number of ketones is 1. The normalized spacial score (nSPS) is 16.9. The largest absolute Gasteiger partial charge is 0.479 e. The molecule has 1 aliphatic heterocycles. The van der Waals surface area contributed by atoms with Crippen molar-refractivity contribution < 1.29 is 13.9 Å². The molecular formula is C21H16BrNO4. The van der Waals surface area contributed by atoms with E-state index in [2.05, 4.69) is 21.2 Å². The molecule has 1 N–H and O–H groups in total. The van der Waals surface area contributed by atoms with Gasteiger partial charge >= 0.3 is 5.63 Å². The molecule has 27 heavy (non-hydrogen) atoms. The second-order valence-electron chi connectivity index (χ2n) is 6.79. The second kappa shape index (κ2) is 6.39. The molecule has 2 aromatic carbocycles. The average molecular weight is 426 g/mol. The van der Waals surface area contributed by atoms with Gasteiger partial charge in [-0.3, -0.25) is 4.79 Å². The lowest BCUT2D eigenvalue weighted by Gasteiger charge is -2.32. The minimum Gasteiger partial charge on any atom is -0.479 e. The predicted octanol–water partition coefficient (Wildman–Crippen LogP) is 4.75. The molecule has 3 aromatic rings. The predicted molar refractivity (Wildman–Crippen MR) is 108 cm³/mol. The van der Waals surface area contributed by atoms with Crippen molar-refractivity contribution in [3.63, 3.8) is 0 Å². The van der Waals surface area contributed by atoms with Gasteiger partial charge in [-0.15, -0.1) is 0 Å². The first kappa shape index (κ1) is 17.5. The molecule has 0 spiro atoms. The molecule has 1 aromatic heterocycles. The van der Waals surface area contributed by atoms with Crippen molar-refractivity contribution in [1.82, 2.24) is 0 Å². The van der Waals surface area contributed by atoms with E-state index in [1.54, 1.807) is 38.2 Å². The molecule has 0 fully saturated rings. The molecule has 4 rings (SSSR count). The third-order valence-corrected chi connectivity index (χ3v) is 4.92. The maximum Gasteiger partial charge on any atom is 0.336 e. The van der Waals surface area contributed by atoms with Crippen LogP contribution in [-0.4, -0.2) is 11.4 Å². The maximum absolute atomic E-state index is 13.0. The van der Waals surface area contributed by atoms with Crippen LogP contribution in [0.3, 0.4) is 0 Å². The molecule has 0 unspecified atom stereocenters. The Morgan fingerprint density at radius 2 is 1.78 bits per heavy atom. The van der Waals surface area contributed by atoms with E-state index in [0.29, 0.717) is 22.5 Å². The zero-order valence-corrected chi connectivity index (χ0v) is 16.3. The number of hydrogen-bond acceptors (Lipinski definition) is 5. The summed E-state index contributed by atoms with van der Waals surface area (Å²) < 4.78 is 12.2. The molecule has 0 saturated heterocycles. The zero-order valence-electron chi connectivity index (χ0n) is 14.7. The Hall–Kier alpha value is -2.86. The van der Waals surface area contributed by atoms with Crippen LogP contribution in [-0.2, 0) is 4.79 Å². The summed E-state index contributed by atoms with van der Waals surface area (Å²) in [6, 6.07) is 14.1. The van der Waals surface area contributed by atoms with Crippen LogP contribution in [0.5, 0.6) is 5.75 Å². The summed E-state index contributed by atoms with van der Waals surface area (Å²) in [4.78, 5) is 24.5. The zero-order chi connectivity index (χ0) is 19.2. The molecule has 1 aliphatic rings. The molecule has 0 aliphatic carbocycles. The molecule has 0 amide bonds. The summed E-state index contributed by atoms with van der Waals surface area (Å²) in [5, 5.41) is 3.89. The third-order valence-electron chi connectivity index (χ3n) is 4.40. The van der Waals surface area contributed by atoms with Crippen LogP contribution in [0.25, 0.3) is 16.5 Å². The van der Waals surface area contributed by atoms with Crippen LogP contribution >= 0.6 is 15.9 Å². The number of ether oxygens (including phenoxy) is 1. The van der Waals surface area contributed by atoms with E-state index in [4.69, 9.17) is 9.15 Å². The van der Waals surface area contributed by atoms with Crippen LogP contribution in [0.1, 0.15) is 19.4 Å². The van der Waals surface area contributed by atoms with Gasteiger partial charge in [0.2, 0.25) is 5.78 Å². The quantitative estimate of drug-likeness (QED) is 0.473. The smallest absolute Gasteiger partial charge is 0.336 e. The number of nitrogens with one attached hydrogen (secondary N) is 1. The lowest BCUT2D eigenvalue weighted by atomic mass is 9.88. The van der Waals surface area contributed by atoms with Crippen molar-refractivity contribution in [1.29, 1.82) is 0 Å². The minimum atomic E-state index is -0.997. The molecule has 0 saturated carbocycles. The summed E-state index contributed by atoms with van der Waals surface area (Å²) in [7, 11) is 0. The van der Waals surface area contributed by atoms with Gasteiger partial charge in [0.15, 0.2) is 5.60 Å². The second-order valence-corrected chi connectivity index (χ2v) is 7.71. The standard InChI is InChI=1S/C21H16BrNO4/c1-21(2)20(25)16(11-23-14-6-4-13(22)5-7-14)15-10-17-12(9-18(15)27-21)3-8-19(24)26-17/h3-11,23H,1-2H3/b16-11-. The van der Waals surface area contributed by atoms with Crippen molar-refractivity contribution in [3.8, 4) is 5.75 Å². The van der Waals surface area contributed by atoms with Crippen LogP contribution in [0.4, 0.5) is 5.69 Å².